The lowest BCUT2D eigenvalue weighted by Crippen LogP contribution is -2.24. The second kappa shape index (κ2) is 8.80. The van der Waals surface area contributed by atoms with Crippen molar-refractivity contribution >= 4 is 17.4 Å². The van der Waals surface area contributed by atoms with Gasteiger partial charge in [0.15, 0.2) is 0 Å². The van der Waals surface area contributed by atoms with Gasteiger partial charge in [-0.15, -0.1) is 0 Å². The molecule has 0 bridgehead atoms. The third kappa shape index (κ3) is 5.28. The van der Waals surface area contributed by atoms with Gasteiger partial charge in [-0.2, -0.15) is 0 Å². The molecule has 0 fully saturated rings. The van der Waals surface area contributed by atoms with Gasteiger partial charge in [0.25, 0.3) is 5.91 Å². The van der Waals surface area contributed by atoms with Gasteiger partial charge in [0.05, 0.1) is 6.61 Å². The second-order valence-corrected chi connectivity index (χ2v) is 5.94. The molecule has 0 radical (unpaired) electrons. The first-order valence-corrected chi connectivity index (χ1v) is 8.81. The fraction of sp³-hybridized carbons (Fsp3) is 0.190. The van der Waals surface area contributed by atoms with Gasteiger partial charge < -0.3 is 15.4 Å². The fourth-order valence-corrected chi connectivity index (χ4v) is 2.57. The van der Waals surface area contributed by atoms with Crippen LogP contribution in [0.25, 0.3) is 0 Å². The van der Waals surface area contributed by atoms with Crippen LogP contribution in [0.4, 0.5) is 11.5 Å². The van der Waals surface area contributed by atoms with E-state index in [1.54, 1.807) is 13.0 Å². The molecule has 3 rings (SSSR count). The number of hydrogen-bond acceptors (Lipinski definition) is 5. The summed E-state index contributed by atoms with van der Waals surface area (Å²) in [4.78, 5) is 21.0. The molecule has 6 heteroatoms. The average molecular weight is 362 g/mol. The van der Waals surface area contributed by atoms with Crippen LogP contribution in [-0.4, -0.2) is 22.5 Å². The topological polar surface area (TPSA) is 76.1 Å². The van der Waals surface area contributed by atoms with E-state index >= 15 is 0 Å². The minimum absolute atomic E-state index is 0.237. The van der Waals surface area contributed by atoms with Crippen LogP contribution in [0.15, 0.2) is 60.7 Å². The van der Waals surface area contributed by atoms with Crippen LogP contribution in [0.2, 0.25) is 0 Å². The van der Waals surface area contributed by atoms with E-state index in [0.717, 1.165) is 17.0 Å². The number of hydrogen-bond donors (Lipinski definition) is 2. The molecule has 0 aliphatic heterocycles. The van der Waals surface area contributed by atoms with Crippen molar-refractivity contribution in [2.24, 2.45) is 0 Å². The van der Waals surface area contributed by atoms with Gasteiger partial charge in [-0.3, -0.25) is 4.79 Å². The Hall–Kier alpha value is -3.41. The minimum Gasteiger partial charge on any atom is -0.494 e. The predicted octanol–water partition coefficient (Wildman–Crippen LogP) is 3.86. The highest BCUT2D eigenvalue weighted by atomic mass is 16.5. The van der Waals surface area contributed by atoms with Crippen LogP contribution in [0.5, 0.6) is 5.75 Å². The number of ether oxygens (including phenoxy) is 1. The number of benzene rings is 2. The summed E-state index contributed by atoms with van der Waals surface area (Å²) in [7, 11) is 0. The number of rotatable bonds is 7. The van der Waals surface area contributed by atoms with Gasteiger partial charge in [0, 0.05) is 18.3 Å². The summed E-state index contributed by atoms with van der Waals surface area (Å²) in [5.74, 6) is 1.66. The largest absolute Gasteiger partial charge is 0.494 e. The van der Waals surface area contributed by atoms with Crippen molar-refractivity contribution in [3.05, 3.63) is 77.7 Å². The Balaban J connectivity index is 1.68. The third-order valence-corrected chi connectivity index (χ3v) is 3.80. The second-order valence-electron chi connectivity index (χ2n) is 5.94. The Morgan fingerprint density at radius 2 is 1.78 bits per heavy atom. The predicted molar refractivity (Wildman–Crippen MR) is 105 cm³/mol. The third-order valence-electron chi connectivity index (χ3n) is 3.80. The monoisotopic (exact) mass is 362 g/mol. The Morgan fingerprint density at radius 3 is 2.48 bits per heavy atom. The highest BCUT2D eigenvalue weighted by molar-refractivity contribution is 5.93. The van der Waals surface area contributed by atoms with Gasteiger partial charge in [-0.1, -0.05) is 30.3 Å². The Labute approximate surface area is 158 Å². The van der Waals surface area contributed by atoms with Crippen LogP contribution >= 0.6 is 0 Å². The van der Waals surface area contributed by atoms with E-state index in [-0.39, 0.29) is 5.91 Å². The van der Waals surface area contributed by atoms with Crippen LogP contribution in [0.1, 0.15) is 28.8 Å². The van der Waals surface area contributed by atoms with E-state index in [1.807, 2.05) is 61.5 Å². The van der Waals surface area contributed by atoms with Gasteiger partial charge in [0.2, 0.25) is 0 Å². The Morgan fingerprint density at radius 1 is 1.04 bits per heavy atom. The van der Waals surface area contributed by atoms with Gasteiger partial charge in [-0.25, -0.2) is 9.97 Å². The summed E-state index contributed by atoms with van der Waals surface area (Å²) < 4.78 is 5.44. The van der Waals surface area contributed by atoms with E-state index in [2.05, 4.69) is 20.6 Å². The number of nitrogens with zero attached hydrogens (tertiary/aromatic N) is 2. The van der Waals surface area contributed by atoms with E-state index in [9.17, 15) is 4.79 Å². The maximum atomic E-state index is 12.4. The molecule has 1 heterocycles. The van der Waals surface area contributed by atoms with E-state index in [4.69, 9.17) is 4.74 Å². The van der Waals surface area contributed by atoms with Crippen molar-refractivity contribution in [3.8, 4) is 5.75 Å². The summed E-state index contributed by atoms with van der Waals surface area (Å²) in [6.45, 7) is 4.78. The van der Waals surface area contributed by atoms with Crippen molar-refractivity contribution in [2.75, 3.05) is 11.9 Å². The molecule has 0 saturated heterocycles. The first kappa shape index (κ1) is 18.4. The molecular formula is C21H22N4O2. The zero-order chi connectivity index (χ0) is 19.1. The van der Waals surface area contributed by atoms with Crippen molar-refractivity contribution in [3.63, 3.8) is 0 Å². The van der Waals surface area contributed by atoms with E-state index in [0.29, 0.717) is 30.5 Å². The first-order chi connectivity index (χ1) is 13.1. The molecule has 1 aromatic heterocycles. The Bertz CT molecular complexity index is 896. The molecule has 3 aromatic rings. The molecule has 27 heavy (non-hydrogen) atoms. The maximum absolute atomic E-state index is 12.4. The molecule has 0 aliphatic carbocycles. The molecule has 0 saturated carbocycles. The van der Waals surface area contributed by atoms with Crippen molar-refractivity contribution in [2.45, 2.75) is 20.4 Å². The zero-order valence-electron chi connectivity index (χ0n) is 15.4. The highest BCUT2D eigenvalue weighted by Crippen LogP contribution is 2.19. The molecular weight excluding hydrogens is 340 g/mol. The summed E-state index contributed by atoms with van der Waals surface area (Å²) in [5.41, 5.74) is 2.21. The average Bonchev–Trinajstić information content (AvgIpc) is 2.68. The summed E-state index contributed by atoms with van der Waals surface area (Å²) >= 11 is 0. The first-order valence-electron chi connectivity index (χ1n) is 8.81. The lowest BCUT2D eigenvalue weighted by Gasteiger charge is -2.10. The van der Waals surface area contributed by atoms with Crippen molar-refractivity contribution in [1.82, 2.24) is 15.3 Å². The lowest BCUT2D eigenvalue weighted by atomic mass is 10.2. The molecule has 1 amide bonds. The normalized spacial score (nSPS) is 10.3. The molecule has 0 unspecified atom stereocenters. The Kier molecular flexibility index (Phi) is 5.99. The molecule has 138 valence electrons. The molecule has 0 spiro atoms. The molecule has 0 aliphatic rings. The molecule has 2 N–H and O–H groups in total. The molecule has 0 atom stereocenters. The fourth-order valence-electron chi connectivity index (χ4n) is 2.57. The lowest BCUT2D eigenvalue weighted by molar-refractivity contribution is 0.0945. The summed E-state index contributed by atoms with van der Waals surface area (Å²) in [6, 6.07) is 19.0. The number of carbonyl (C=O) groups excluding carboxylic acids is 1. The minimum atomic E-state index is -0.237. The van der Waals surface area contributed by atoms with E-state index < -0.39 is 0 Å². The van der Waals surface area contributed by atoms with Crippen LogP contribution < -0.4 is 15.4 Å². The van der Waals surface area contributed by atoms with Crippen LogP contribution in [0, 0.1) is 6.92 Å². The highest BCUT2D eigenvalue weighted by Gasteiger charge is 2.10. The van der Waals surface area contributed by atoms with Crippen LogP contribution in [-0.2, 0) is 6.54 Å². The number of amides is 1. The SMILES string of the molecule is CCOc1ccc(Nc2cc(C(=O)NCc3ccccc3)nc(C)n2)cc1. The molecule has 2 aromatic carbocycles. The maximum Gasteiger partial charge on any atom is 0.270 e. The number of aromatic nitrogens is 2. The number of aryl methyl sites for hydroxylation is 1. The molecule has 6 nitrogen and oxygen atoms in total. The smallest absolute Gasteiger partial charge is 0.270 e. The van der Waals surface area contributed by atoms with Gasteiger partial charge in [0.1, 0.15) is 23.1 Å². The zero-order valence-corrected chi connectivity index (χ0v) is 15.4. The number of anilines is 2. The standard InChI is InChI=1S/C21H22N4O2/c1-3-27-18-11-9-17(10-12-18)25-20-13-19(23-15(2)24-20)21(26)22-14-16-7-5-4-6-8-16/h4-13H,3,14H2,1-2H3,(H,22,26)(H,23,24,25). The summed E-state index contributed by atoms with van der Waals surface area (Å²) in [5, 5.41) is 6.08. The number of carbonyl (C=O) groups is 1. The van der Waals surface area contributed by atoms with Crippen molar-refractivity contribution < 1.29 is 9.53 Å². The van der Waals surface area contributed by atoms with Gasteiger partial charge >= 0.3 is 0 Å². The van der Waals surface area contributed by atoms with E-state index in [1.165, 1.54) is 0 Å². The van der Waals surface area contributed by atoms with Crippen LogP contribution in [0.3, 0.4) is 0 Å². The number of nitrogens with one attached hydrogen (secondary N) is 2. The van der Waals surface area contributed by atoms with Gasteiger partial charge in [-0.05, 0) is 43.7 Å². The summed E-state index contributed by atoms with van der Waals surface area (Å²) in [6.07, 6.45) is 0. The van der Waals surface area contributed by atoms with Crippen molar-refractivity contribution in [1.29, 1.82) is 0 Å². The quantitative estimate of drug-likeness (QED) is 0.667.